The van der Waals surface area contributed by atoms with Crippen molar-refractivity contribution >= 4 is 24.0 Å². The lowest BCUT2D eigenvalue weighted by atomic mass is 9.90. The van der Waals surface area contributed by atoms with E-state index in [1.807, 2.05) is 0 Å². The van der Waals surface area contributed by atoms with Crippen molar-refractivity contribution in [3.05, 3.63) is 82.8 Å². The molecule has 47 heavy (non-hydrogen) atoms. The van der Waals surface area contributed by atoms with Crippen LogP contribution in [0.15, 0.2) is 54.6 Å². The maximum Gasteiger partial charge on any atom is 0.412 e. The molecule has 14 heteroatoms. The molecule has 1 aromatic heterocycles. The minimum Gasteiger partial charge on any atom is -0.490 e. The summed E-state index contributed by atoms with van der Waals surface area (Å²) in [6, 6.07) is 11.6. The summed E-state index contributed by atoms with van der Waals surface area (Å²) in [7, 11) is 0. The molecular weight excluding hydrogens is 642 g/mol. The molecule has 1 saturated carbocycles. The lowest BCUT2D eigenvalue weighted by Crippen LogP contribution is -2.49. The van der Waals surface area contributed by atoms with Gasteiger partial charge in [-0.15, -0.1) is 0 Å². The van der Waals surface area contributed by atoms with Crippen molar-refractivity contribution in [3.8, 4) is 17.0 Å². The number of pyridine rings is 1. The maximum atomic E-state index is 15.1. The molecule has 4 N–H and O–H groups in total. The molecule has 1 heterocycles. The van der Waals surface area contributed by atoms with Crippen LogP contribution in [0.3, 0.4) is 0 Å². The number of carbonyl (C=O) groups excluding carboxylic acids is 2. The molecule has 0 radical (unpaired) electrons. The van der Waals surface area contributed by atoms with Gasteiger partial charge in [-0.05, 0) is 108 Å². The van der Waals surface area contributed by atoms with Gasteiger partial charge in [-0.2, -0.15) is 13.2 Å². The van der Waals surface area contributed by atoms with Gasteiger partial charge >= 0.3 is 12.3 Å². The first kappa shape index (κ1) is 36.0. The molecule has 1 aliphatic carbocycles. The third-order valence-corrected chi connectivity index (χ3v) is 8.23. The zero-order valence-electron chi connectivity index (χ0n) is 26.5. The second kappa shape index (κ2) is 13.7. The van der Waals surface area contributed by atoms with Gasteiger partial charge in [0.2, 0.25) is 0 Å². The fourth-order valence-corrected chi connectivity index (χ4v) is 5.03. The molecule has 3 aromatic rings. The summed E-state index contributed by atoms with van der Waals surface area (Å²) in [5, 5.41) is 14.7. The molecule has 0 bridgehead atoms. The number of aliphatic hydroxyl groups excluding tert-OH is 1. The molecule has 1 aliphatic rings. The number of alkyl halides is 3. The normalized spacial score (nSPS) is 15.0. The number of benzene rings is 2. The van der Waals surface area contributed by atoms with E-state index >= 15 is 13.2 Å². The number of aliphatic hydroxyl groups is 1. The number of nitrogens with zero attached hydrogens (tertiary/aromatic N) is 1. The van der Waals surface area contributed by atoms with Crippen molar-refractivity contribution in [2.24, 2.45) is 0 Å². The molecule has 0 spiro atoms. The van der Waals surface area contributed by atoms with Gasteiger partial charge in [-0.25, -0.2) is 9.18 Å². The zero-order valence-corrected chi connectivity index (χ0v) is 27.3. The van der Waals surface area contributed by atoms with Gasteiger partial charge in [-0.1, -0.05) is 0 Å². The third-order valence-electron chi connectivity index (χ3n) is 7.34. The largest absolute Gasteiger partial charge is 0.490 e. The smallest absolute Gasteiger partial charge is 0.412 e. The van der Waals surface area contributed by atoms with Gasteiger partial charge in [0.1, 0.15) is 17.2 Å². The van der Waals surface area contributed by atoms with Gasteiger partial charge in [0, 0.05) is 35.3 Å². The van der Waals surface area contributed by atoms with E-state index in [0.29, 0.717) is 11.3 Å². The average molecular weight is 680 g/mol. The first-order chi connectivity index (χ1) is 21.9. The number of carbonyl (C=O) groups is 2. The first-order valence-corrected chi connectivity index (χ1v) is 15.5. The quantitative estimate of drug-likeness (QED) is 0.125. The molecule has 0 saturated heterocycles. The number of hydrogen-bond donors (Lipinski definition) is 4. The second-order valence-corrected chi connectivity index (χ2v) is 13.7. The molecule has 1 unspecified atom stereocenters. The minimum atomic E-state index is -5.17. The predicted molar refractivity (Wildman–Crippen MR) is 168 cm³/mol. The Morgan fingerprint density at radius 2 is 1.66 bits per heavy atom. The van der Waals surface area contributed by atoms with Crippen LogP contribution in [0.1, 0.15) is 74.6 Å². The number of halogens is 4. The van der Waals surface area contributed by atoms with E-state index in [9.17, 15) is 23.6 Å². The summed E-state index contributed by atoms with van der Waals surface area (Å²) in [6.07, 6.45) is -4.27. The molecular formula is C33H37F4N3O6S. The molecule has 4 rings (SSSR count). The van der Waals surface area contributed by atoms with Crippen molar-refractivity contribution in [2.75, 3.05) is 6.54 Å². The Hall–Kier alpha value is -3.88. The van der Waals surface area contributed by atoms with E-state index in [4.69, 9.17) is 9.47 Å². The molecule has 1 atom stereocenters. The predicted octanol–water partition coefficient (Wildman–Crippen LogP) is 7.07. The summed E-state index contributed by atoms with van der Waals surface area (Å²) in [5.74, 6) is -1.10. The molecule has 0 aliphatic heterocycles. The first-order valence-electron chi connectivity index (χ1n) is 14.8. The Morgan fingerprint density at radius 1 is 1.00 bits per heavy atom. The Kier molecular flexibility index (Phi) is 10.5. The van der Waals surface area contributed by atoms with Gasteiger partial charge in [0.15, 0.2) is 4.75 Å². The van der Waals surface area contributed by atoms with Crippen molar-refractivity contribution in [1.82, 2.24) is 15.6 Å². The highest BCUT2D eigenvalue weighted by molar-refractivity contribution is 7.94. The summed E-state index contributed by atoms with van der Waals surface area (Å²) in [4.78, 5) is 30.1. The Balaban J connectivity index is 1.75. The second-order valence-electron chi connectivity index (χ2n) is 12.8. The van der Waals surface area contributed by atoms with Crippen LogP contribution in [-0.2, 0) is 21.6 Å². The number of rotatable bonds is 11. The van der Waals surface area contributed by atoms with Crippen LogP contribution in [0.5, 0.6) is 5.75 Å². The number of hydrogen-bond acceptors (Lipinski definition) is 8. The van der Waals surface area contributed by atoms with Crippen LogP contribution in [0, 0.1) is 5.82 Å². The van der Waals surface area contributed by atoms with Crippen LogP contribution >= 0.6 is 12.0 Å². The van der Waals surface area contributed by atoms with E-state index < -0.39 is 70.8 Å². The van der Waals surface area contributed by atoms with Crippen LogP contribution < -0.4 is 15.4 Å². The number of nitrogens with one attached hydrogen (secondary N) is 2. The highest BCUT2D eigenvalue weighted by Crippen LogP contribution is 2.48. The molecule has 1 fully saturated rings. The van der Waals surface area contributed by atoms with Crippen molar-refractivity contribution < 1.29 is 46.3 Å². The summed E-state index contributed by atoms with van der Waals surface area (Å²) >= 11 is -0.548. The SMILES string of the molecule is CC(C)(C)OC(=O)NC(C)(C)c1cc(-c2ccc(F)cc2)nc(C(CNC(=O)c2ccc(OC3CC3)c(CO)c2)(SO)C(F)(F)F)c1. The van der Waals surface area contributed by atoms with Gasteiger partial charge < -0.3 is 29.8 Å². The minimum absolute atomic E-state index is 0.00981. The van der Waals surface area contributed by atoms with Crippen LogP contribution in [-0.4, -0.2) is 51.1 Å². The molecule has 2 amide bonds. The Bertz CT molecular complexity index is 1610. The van der Waals surface area contributed by atoms with Crippen molar-refractivity contribution in [2.45, 2.75) is 82.2 Å². The average Bonchev–Trinajstić information content (AvgIpc) is 3.80. The van der Waals surface area contributed by atoms with Gasteiger partial charge in [0.05, 0.1) is 29.6 Å². The number of aromatic nitrogens is 1. The summed E-state index contributed by atoms with van der Waals surface area (Å²) < 4.78 is 77.1. The Morgan fingerprint density at radius 3 is 2.21 bits per heavy atom. The van der Waals surface area contributed by atoms with E-state index in [2.05, 4.69) is 15.6 Å². The maximum absolute atomic E-state index is 15.1. The van der Waals surface area contributed by atoms with E-state index in [-0.39, 0.29) is 28.5 Å². The van der Waals surface area contributed by atoms with E-state index in [1.54, 1.807) is 34.6 Å². The number of amides is 2. The zero-order chi connectivity index (χ0) is 34.8. The number of alkyl carbamates (subject to hydrolysis) is 1. The van der Waals surface area contributed by atoms with E-state index in [1.165, 1.54) is 36.4 Å². The lowest BCUT2D eigenvalue weighted by molar-refractivity contribution is -0.162. The van der Waals surface area contributed by atoms with Crippen molar-refractivity contribution in [3.63, 3.8) is 0 Å². The molecule has 2 aromatic carbocycles. The lowest BCUT2D eigenvalue weighted by Gasteiger charge is -2.35. The third kappa shape index (κ3) is 8.73. The monoisotopic (exact) mass is 679 g/mol. The summed E-state index contributed by atoms with van der Waals surface area (Å²) in [6.45, 7) is 6.45. The van der Waals surface area contributed by atoms with Crippen LogP contribution in [0.4, 0.5) is 22.4 Å². The van der Waals surface area contributed by atoms with Crippen molar-refractivity contribution in [1.29, 1.82) is 0 Å². The summed E-state index contributed by atoms with van der Waals surface area (Å²) in [5.41, 5.74) is -2.21. The van der Waals surface area contributed by atoms with Crippen LogP contribution in [0.2, 0.25) is 0 Å². The Labute approximate surface area is 274 Å². The molecule has 9 nitrogen and oxygen atoms in total. The van der Waals surface area contributed by atoms with E-state index in [0.717, 1.165) is 31.0 Å². The van der Waals surface area contributed by atoms with Gasteiger partial charge in [-0.3, -0.25) is 9.78 Å². The topological polar surface area (TPSA) is 130 Å². The standard InChI is InChI=1S/C33H37F4N3O6S/c1-30(2,3)46-29(43)40-31(4,5)22-15-25(19-6-9-23(34)10-7-19)39-27(16-22)32(47-44,33(35,36)37)18-38-28(42)20-8-13-26(21(14-20)17-41)45-24-11-12-24/h6-10,13-16,24,41,44H,11-12,17-18H2,1-5H3,(H,38,42)(H,40,43). The fourth-order valence-electron chi connectivity index (χ4n) is 4.60. The van der Waals surface area contributed by atoms with Gasteiger partial charge in [0.25, 0.3) is 5.91 Å². The highest BCUT2D eigenvalue weighted by atomic mass is 32.2. The fraction of sp³-hybridized carbons (Fsp3) is 0.424. The number of ether oxygens (including phenoxy) is 2. The van der Waals surface area contributed by atoms with Crippen LogP contribution in [0.25, 0.3) is 11.3 Å². The highest BCUT2D eigenvalue weighted by Gasteiger charge is 2.59. The molecule has 254 valence electrons.